The number of halogens is 1. The molecular formula is C10H7IN2S. The molecule has 2 aromatic rings. The molecule has 0 saturated heterocycles. The molecular weight excluding hydrogens is 307 g/mol. The Morgan fingerprint density at radius 3 is 2.86 bits per heavy atom. The number of anilines is 1. The molecule has 14 heavy (non-hydrogen) atoms. The van der Waals surface area contributed by atoms with Crippen molar-refractivity contribution in [1.82, 2.24) is 0 Å². The van der Waals surface area contributed by atoms with E-state index in [1.165, 1.54) is 16.9 Å². The fourth-order valence-corrected chi connectivity index (χ4v) is 3.24. The molecule has 0 amide bonds. The molecule has 0 aliphatic heterocycles. The van der Waals surface area contributed by atoms with Gasteiger partial charge >= 0.3 is 0 Å². The second-order valence-electron chi connectivity index (χ2n) is 3.02. The van der Waals surface area contributed by atoms with E-state index in [9.17, 15) is 0 Å². The fraction of sp³-hybridized carbons (Fsp3) is 0.100. The number of nitrogens with zero attached hydrogens (tertiary/aromatic N) is 1. The molecule has 0 fully saturated rings. The number of hydrogen-bond donors (Lipinski definition) is 1. The van der Waals surface area contributed by atoms with E-state index in [0.29, 0.717) is 10.6 Å². The van der Waals surface area contributed by atoms with Crippen molar-refractivity contribution in [3.8, 4) is 6.07 Å². The highest BCUT2D eigenvalue weighted by atomic mass is 127. The van der Waals surface area contributed by atoms with Gasteiger partial charge in [-0.1, -0.05) is 6.07 Å². The van der Waals surface area contributed by atoms with Crippen molar-refractivity contribution in [1.29, 1.82) is 5.26 Å². The van der Waals surface area contributed by atoms with Crippen LogP contribution < -0.4 is 5.73 Å². The van der Waals surface area contributed by atoms with Gasteiger partial charge in [0.2, 0.25) is 0 Å². The Hall–Kier alpha value is -0.800. The van der Waals surface area contributed by atoms with Gasteiger partial charge in [0.25, 0.3) is 0 Å². The van der Waals surface area contributed by atoms with Crippen LogP contribution in [0.3, 0.4) is 0 Å². The number of aryl methyl sites for hydroxylation is 1. The topological polar surface area (TPSA) is 49.8 Å². The summed E-state index contributed by atoms with van der Waals surface area (Å²) < 4.78 is 2.22. The predicted octanol–water partition coefficient (Wildman–Crippen LogP) is 3.27. The molecule has 0 unspecified atom stereocenters. The maximum absolute atomic E-state index is 8.99. The minimum absolute atomic E-state index is 0.617. The first-order valence-electron chi connectivity index (χ1n) is 4.02. The van der Waals surface area contributed by atoms with E-state index in [-0.39, 0.29) is 0 Å². The summed E-state index contributed by atoms with van der Waals surface area (Å²) in [6, 6.07) is 6.25. The zero-order chi connectivity index (χ0) is 10.3. The average Bonchev–Trinajstić information content (AvgIpc) is 2.48. The zero-order valence-corrected chi connectivity index (χ0v) is 10.4. The van der Waals surface area contributed by atoms with Gasteiger partial charge in [-0.2, -0.15) is 5.26 Å². The third-order valence-electron chi connectivity index (χ3n) is 2.12. The Morgan fingerprint density at radius 1 is 1.50 bits per heavy atom. The molecule has 4 heteroatoms. The Kier molecular flexibility index (Phi) is 2.37. The van der Waals surface area contributed by atoms with Crippen LogP contribution in [0.1, 0.15) is 11.1 Å². The minimum atomic E-state index is 0.617. The molecule has 2 rings (SSSR count). The lowest BCUT2D eigenvalue weighted by Gasteiger charge is -1.99. The van der Waals surface area contributed by atoms with E-state index >= 15 is 0 Å². The molecule has 0 atom stereocenters. The summed E-state index contributed by atoms with van der Waals surface area (Å²) in [5, 5.41) is 10.6. The van der Waals surface area contributed by atoms with E-state index in [1.54, 1.807) is 0 Å². The molecule has 0 spiro atoms. The zero-order valence-electron chi connectivity index (χ0n) is 7.47. The fourth-order valence-electron chi connectivity index (χ4n) is 1.38. The third kappa shape index (κ3) is 1.28. The van der Waals surface area contributed by atoms with Crippen molar-refractivity contribution < 1.29 is 0 Å². The molecule has 0 bridgehead atoms. The Labute approximate surface area is 99.5 Å². The summed E-state index contributed by atoms with van der Waals surface area (Å²) in [4.78, 5) is 0. The van der Waals surface area contributed by atoms with Gasteiger partial charge in [-0.25, -0.2) is 0 Å². The van der Waals surface area contributed by atoms with Crippen LogP contribution in [0, 0.1) is 21.8 Å². The van der Waals surface area contributed by atoms with Gasteiger partial charge in [0.1, 0.15) is 11.1 Å². The van der Waals surface area contributed by atoms with E-state index in [2.05, 4.69) is 34.7 Å². The standard InChI is InChI=1S/C10H7IN2S/c1-5-2-3-7-8(9(5)11)6(4-12)10(13)14-7/h2-3H,13H2,1H3. The van der Waals surface area contributed by atoms with Crippen molar-refractivity contribution in [3.05, 3.63) is 26.8 Å². The molecule has 0 aliphatic carbocycles. The average molecular weight is 314 g/mol. The summed E-state index contributed by atoms with van der Waals surface area (Å²) in [6.07, 6.45) is 0. The van der Waals surface area contributed by atoms with Crippen molar-refractivity contribution in [2.75, 3.05) is 5.73 Å². The number of nitriles is 1. The summed E-state index contributed by atoms with van der Waals surface area (Å²) >= 11 is 3.74. The van der Waals surface area contributed by atoms with Crippen LogP contribution >= 0.6 is 33.9 Å². The van der Waals surface area contributed by atoms with Crippen LogP contribution in [-0.2, 0) is 0 Å². The first-order valence-corrected chi connectivity index (χ1v) is 5.92. The molecule has 70 valence electrons. The minimum Gasteiger partial charge on any atom is -0.389 e. The number of hydrogen-bond acceptors (Lipinski definition) is 3. The first-order chi connectivity index (χ1) is 6.65. The van der Waals surface area contributed by atoms with Crippen molar-refractivity contribution in [2.45, 2.75) is 6.92 Å². The summed E-state index contributed by atoms with van der Waals surface area (Å²) in [6.45, 7) is 2.04. The molecule has 0 radical (unpaired) electrons. The van der Waals surface area contributed by atoms with Crippen molar-refractivity contribution in [2.24, 2.45) is 0 Å². The lowest BCUT2D eigenvalue weighted by atomic mass is 10.1. The SMILES string of the molecule is Cc1ccc2sc(N)c(C#N)c2c1I. The number of nitrogens with two attached hydrogens (primary N) is 1. The van der Waals surface area contributed by atoms with Gasteiger partial charge in [-0.15, -0.1) is 11.3 Å². The molecule has 0 aliphatic rings. The van der Waals surface area contributed by atoms with Gasteiger partial charge in [-0.05, 0) is 41.1 Å². The Bertz CT molecular complexity index is 551. The van der Waals surface area contributed by atoms with Crippen LogP contribution in [0.25, 0.3) is 10.1 Å². The number of thiophene rings is 1. The Balaban J connectivity index is 3.00. The van der Waals surface area contributed by atoms with Gasteiger partial charge < -0.3 is 5.73 Å². The molecule has 2 nitrogen and oxygen atoms in total. The van der Waals surface area contributed by atoms with E-state index in [4.69, 9.17) is 11.0 Å². The lowest BCUT2D eigenvalue weighted by molar-refractivity contribution is 1.46. The van der Waals surface area contributed by atoms with Crippen LogP contribution in [-0.4, -0.2) is 0 Å². The maximum atomic E-state index is 8.99. The monoisotopic (exact) mass is 314 g/mol. The highest BCUT2D eigenvalue weighted by molar-refractivity contribution is 14.1. The summed E-state index contributed by atoms with van der Waals surface area (Å²) in [7, 11) is 0. The van der Waals surface area contributed by atoms with Crippen LogP contribution in [0.2, 0.25) is 0 Å². The van der Waals surface area contributed by atoms with Gasteiger partial charge in [-0.3, -0.25) is 0 Å². The van der Waals surface area contributed by atoms with E-state index in [1.807, 2.05) is 13.0 Å². The first kappa shape index (κ1) is 9.74. The summed E-state index contributed by atoms with van der Waals surface area (Å²) in [5.74, 6) is 0. The van der Waals surface area contributed by atoms with Crippen LogP contribution in [0.15, 0.2) is 12.1 Å². The van der Waals surface area contributed by atoms with Crippen LogP contribution in [0.5, 0.6) is 0 Å². The number of rotatable bonds is 0. The summed E-state index contributed by atoms with van der Waals surface area (Å²) in [5.41, 5.74) is 7.59. The quantitative estimate of drug-likeness (QED) is 0.759. The van der Waals surface area contributed by atoms with Gasteiger partial charge in [0, 0.05) is 13.7 Å². The molecule has 1 heterocycles. The largest absolute Gasteiger partial charge is 0.389 e. The number of nitrogen functional groups attached to an aromatic ring is 1. The maximum Gasteiger partial charge on any atom is 0.105 e. The molecule has 0 saturated carbocycles. The van der Waals surface area contributed by atoms with E-state index in [0.717, 1.165) is 13.7 Å². The molecule has 1 aromatic heterocycles. The molecule has 1 aromatic carbocycles. The van der Waals surface area contributed by atoms with Crippen LogP contribution in [0.4, 0.5) is 5.00 Å². The normalized spacial score (nSPS) is 10.4. The van der Waals surface area contributed by atoms with Crippen molar-refractivity contribution >= 4 is 49.0 Å². The number of fused-ring (bicyclic) bond motifs is 1. The van der Waals surface area contributed by atoms with Gasteiger partial charge in [0.05, 0.1) is 5.56 Å². The predicted molar refractivity (Wildman–Crippen MR) is 68.4 cm³/mol. The second-order valence-corrected chi connectivity index (χ2v) is 5.19. The Morgan fingerprint density at radius 2 is 2.21 bits per heavy atom. The molecule has 2 N–H and O–H groups in total. The smallest absolute Gasteiger partial charge is 0.105 e. The second kappa shape index (κ2) is 3.41. The van der Waals surface area contributed by atoms with Gasteiger partial charge in [0.15, 0.2) is 0 Å². The third-order valence-corrected chi connectivity index (χ3v) is 4.50. The highest BCUT2D eigenvalue weighted by Gasteiger charge is 2.12. The lowest BCUT2D eigenvalue weighted by Crippen LogP contribution is -1.85. The van der Waals surface area contributed by atoms with E-state index < -0.39 is 0 Å². The number of benzene rings is 1. The highest BCUT2D eigenvalue weighted by Crippen LogP contribution is 2.36. The van der Waals surface area contributed by atoms with Crippen molar-refractivity contribution in [3.63, 3.8) is 0 Å².